The Morgan fingerprint density at radius 3 is 2.72 bits per heavy atom. The molecule has 0 fully saturated rings. The molecule has 0 atom stereocenters. The van der Waals surface area contributed by atoms with Crippen molar-refractivity contribution < 1.29 is 0 Å². The fraction of sp³-hybridized carbons (Fsp3) is 0.474. The number of aromatic nitrogens is 2. The summed E-state index contributed by atoms with van der Waals surface area (Å²) in [7, 11) is 0. The van der Waals surface area contributed by atoms with E-state index in [1.165, 1.54) is 16.7 Å². The molecule has 6 heteroatoms. The molecule has 25 heavy (non-hydrogen) atoms. The molecule has 2 heterocycles. The van der Waals surface area contributed by atoms with E-state index < -0.39 is 0 Å². The molecule has 0 aliphatic carbocycles. The Hall–Kier alpha value is -1.92. The highest BCUT2D eigenvalue weighted by Gasteiger charge is 2.21. The predicted octanol–water partition coefficient (Wildman–Crippen LogP) is 3.36. The van der Waals surface area contributed by atoms with Gasteiger partial charge < -0.3 is 9.88 Å². The molecule has 1 aliphatic rings. The van der Waals surface area contributed by atoms with Gasteiger partial charge in [0.15, 0.2) is 4.77 Å². The Morgan fingerprint density at radius 1 is 1.20 bits per heavy atom. The number of nitrogens with one attached hydrogen (secondary N) is 2. The molecule has 1 aliphatic heterocycles. The van der Waals surface area contributed by atoms with Crippen LogP contribution in [0.4, 0.5) is 5.82 Å². The van der Waals surface area contributed by atoms with Crippen molar-refractivity contribution in [3.63, 3.8) is 0 Å². The van der Waals surface area contributed by atoms with Crippen molar-refractivity contribution in [2.24, 2.45) is 0 Å². The molecule has 0 unspecified atom stereocenters. The van der Waals surface area contributed by atoms with E-state index in [2.05, 4.69) is 54.2 Å². The molecule has 0 radical (unpaired) electrons. The molecule has 2 N–H and O–H groups in total. The van der Waals surface area contributed by atoms with Crippen LogP contribution in [-0.2, 0) is 19.5 Å². The first-order valence-corrected chi connectivity index (χ1v) is 9.28. The summed E-state index contributed by atoms with van der Waals surface area (Å²) >= 11 is 5.42. The van der Waals surface area contributed by atoms with Crippen molar-refractivity contribution in [1.29, 1.82) is 0 Å². The van der Waals surface area contributed by atoms with Crippen LogP contribution in [0.2, 0.25) is 0 Å². The number of H-pyrrole nitrogens is 1. The number of aromatic amines is 1. The third kappa shape index (κ3) is 3.85. The van der Waals surface area contributed by atoms with Gasteiger partial charge in [-0.2, -0.15) is 0 Å². The van der Waals surface area contributed by atoms with Crippen LogP contribution in [0.5, 0.6) is 0 Å². The highest BCUT2D eigenvalue weighted by atomic mass is 32.1. The van der Waals surface area contributed by atoms with Crippen LogP contribution in [0.15, 0.2) is 23.0 Å². The molecule has 1 aromatic heterocycles. The second kappa shape index (κ2) is 7.54. The van der Waals surface area contributed by atoms with Crippen molar-refractivity contribution >= 4 is 18.0 Å². The third-order valence-corrected chi connectivity index (χ3v) is 5.20. The molecule has 0 spiro atoms. The van der Waals surface area contributed by atoms with Crippen LogP contribution < -0.4 is 10.9 Å². The summed E-state index contributed by atoms with van der Waals surface area (Å²) in [6, 6.07) is 6.56. The third-order valence-electron chi connectivity index (χ3n) is 4.88. The van der Waals surface area contributed by atoms with E-state index >= 15 is 0 Å². The summed E-state index contributed by atoms with van der Waals surface area (Å²) in [4.78, 5) is 17.4. The summed E-state index contributed by atoms with van der Waals surface area (Å²) in [5.41, 5.74) is 4.61. The largest absolute Gasteiger partial charge is 0.358 e. The second-order valence-corrected chi connectivity index (χ2v) is 7.18. The van der Waals surface area contributed by atoms with Gasteiger partial charge in [-0.05, 0) is 62.1 Å². The van der Waals surface area contributed by atoms with Crippen LogP contribution in [0.3, 0.4) is 0 Å². The first kappa shape index (κ1) is 17.9. The van der Waals surface area contributed by atoms with Crippen molar-refractivity contribution in [3.05, 3.63) is 55.6 Å². The van der Waals surface area contributed by atoms with Gasteiger partial charge in [-0.15, -0.1) is 0 Å². The van der Waals surface area contributed by atoms with Gasteiger partial charge in [0.2, 0.25) is 0 Å². The maximum atomic E-state index is 12.3. The van der Waals surface area contributed by atoms with E-state index in [0.717, 1.165) is 44.0 Å². The van der Waals surface area contributed by atoms with Gasteiger partial charge in [-0.1, -0.05) is 25.1 Å². The lowest BCUT2D eigenvalue weighted by atomic mass is 10.0. The number of aryl methyl sites for hydroxylation is 3. The van der Waals surface area contributed by atoms with Gasteiger partial charge in [-0.25, -0.2) is 0 Å². The second-order valence-electron chi connectivity index (χ2n) is 6.79. The zero-order valence-electron chi connectivity index (χ0n) is 15.2. The van der Waals surface area contributed by atoms with E-state index in [0.29, 0.717) is 11.3 Å². The smallest absolute Gasteiger partial charge is 0.258 e. The molecule has 1 aromatic carbocycles. The molecule has 134 valence electrons. The summed E-state index contributed by atoms with van der Waals surface area (Å²) < 4.78 is 2.52. The normalized spacial score (nSPS) is 14.2. The fourth-order valence-electron chi connectivity index (χ4n) is 3.31. The van der Waals surface area contributed by atoms with Crippen molar-refractivity contribution in [2.75, 3.05) is 18.5 Å². The van der Waals surface area contributed by atoms with Gasteiger partial charge in [0.05, 0.1) is 12.2 Å². The van der Waals surface area contributed by atoms with Gasteiger partial charge in [0, 0.05) is 13.1 Å². The number of nitrogens with zero attached hydrogens (tertiary/aromatic N) is 2. The van der Waals surface area contributed by atoms with Crippen LogP contribution in [0, 0.1) is 18.6 Å². The van der Waals surface area contributed by atoms with E-state index in [1.54, 1.807) is 0 Å². The van der Waals surface area contributed by atoms with E-state index in [4.69, 9.17) is 12.2 Å². The molecular weight excluding hydrogens is 332 g/mol. The lowest BCUT2D eigenvalue weighted by Gasteiger charge is -2.30. The highest BCUT2D eigenvalue weighted by Crippen LogP contribution is 2.20. The molecular formula is C19H26N4OS. The first-order valence-electron chi connectivity index (χ1n) is 8.88. The topological polar surface area (TPSA) is 53.1 Å². The lowest BCUT2D eigenvalue weighted by molar-refractivity contribution is 0.272. The van der Waals surface area contributed by atoms with Crippen LogP contribution in [0.25, 0.3) is 0 Å². The Bertz CT molecular complexity index is 884. The maximum absolute atomic E-state index is 12.3. The minimum atomic E-state index is -0.0734. The SMILES string of the molecule is CCCN1CNc2c(c(=O)[nH]c(=S)n2CCc2ccc(C)c(C)c2)C1. The number of fused-ring (bicyclic) bond motifs is 1. The molecule has 0 amide bonds. The quantitative estimate of drug-likeness (QED) is 0.805. The van der Waals surface area contributed by atoms with E-state index in [-0.39, 0.29) is 5.56 Å². The Labute approximate surface area is 153 Å². The number of anilines is 1. The van der Waals surface area contributed by atoms with Gasteiger partial charge in [0.25, 0.3) is 5.56 Å². The molecule has 2 aromatic rings. The number of rotatable bonds is 5. The molecule has 0 saturated carbocycles. The maximum Gasteiger partial charge on any atom is 0.258 e. The van der Waals surface area contributed by atoms with Crippen LogP contribution >= 0.6 is 12.2 Å². The Kier molecular flexibility index (Phi) is 5.39. The lowest BCUT2D eigenvalue weighted by Crippen LogP contribution is -2.39. The summed E-state index contributed by atoms with van der Waals surface area (Å²) in [5.74, 6) is 0.880. The van der Waals surface area contributed by atoms with E-state index in [1.807, 2.05) is 4.57 Å². The Morgan fingerprint density at radius 2 is 2.00 bits per heavy atom. The minimum absolute atomic E-state index is 0.0734. The number of hydrogen-bond donors (Lipinski definition) is 2. The molecule has 5 nitrogen and oxygen atoms in total. The zero-order valence-corrected chi connectivity index (χ0v) is 16.0. The Balaban J connectivity index is 1.87. The molecule has 0 bridgehead atoms. The summed E-state index contributed by atoms with van der Waals surface area (Å²) in [6.45, 7) is 9.56. The van der Waals surface area contributed by atoms with Gasteiger partial charge in [0.1, 0.15) is 5.82 Å². The average molecular weight is 359 g/mol. The van der Waals surface area contributed by atoms with E-state index in [9.17, 15) is 4.79 Å². The van der Waals surface area contributed by atoms with Gasteiger partial charge >= 0.3 is 0 Å². The van der Waals surface area contributed by atoms with Crippen LogP contribution in [0.1, 0.15) is 35.6 Å². The predicted molar refractivity (Wildman–Crippen MR) is 105 cm³/mol. The van der Waals surface area contributed by atoms with Crippen LogP contribution in [-0.4, -0.2) is 27.7 Å². The van der Waals surface area contributed by atoms with Gasteiger partial charge in [-0.3, -0.25) is 14.7 Å². The molecule has 0 saturated heterocycles. The summed E-state index contributed by atoms with van der Waals surface area (Å²) in [5, 5.41) is 3.41. The highest BCUT2D eigenvalue weighted by molar-refractivity contribution is 7.71. The average Bonchev–Trinajstić information content (AvgIpc) is 2.58. The van der Waals surface area contributed by atoms with Crippen molar-refractivity contribution in [3.8, 4) is 0 Å². The number of benzene rings is 1. The minimum Gasteiger partial charge on any atom is -0.358 e. The fourth-order valence-corrected chi connectivity index (χ4v) is 3.59. The molecule has 3 rings (SSSR count). The number of hydrogen-bond acceptors (Lipinski definition) is 4. The zero-order chi connectivity index (χ0) is 18.0. The monoisotopic (exact) mass is 358 g/mol. The van der Waals surface area contributed by atoms with Crippen molar-refractivity contribution in [2.45, 2.75) is 46.7 Å². The standard InChI is InChI=1S/C19H26N4OS/c1-4-8-22-11-16-17(20-12-22)23(19(25)21-18(16)24)9-7-15-6-5-13(2)14(3)10-15/h5-6,10,20H,4,7-9,11-12H2,1-3H3,(H,21,24,25). The van der Waals surface area contributed by atoms with Crippen molar-refractivity contribution in [1.82, 2.24) is 14.5 Å². The first-order chi connectivity index (χ1) is 12.0. The summed E-state index contributed by atoms with van der Waals surface area (Å²) in [6.07, 6.45) is 1.95.